The summed E-state index contributed by atoms with van der Waals surface area (Å²) in [5.41, 5.74) is 5.42. The van der Waals surface area contributed by atoms with Gasteiger partial charge < -0.3 is 15.7 Å². The molecule has 112 valence electrons. The lowest BCUT2D eigenvalue weighted by atomic mass is 10.2. The van der Waals surface area contributed by atoms with Crippen LogP contribution in [0.1, 0.15) is 5.69 Å². The molecule has 0 aliphatic carbocycles. The van der Waals surface area contributed by atoms with E-state index in [2.05, 4.69) is 9.88 Å². The molecule has 5 nitrogen and oxygen atoms in total. The Hall–Kier alpha value is -1.54. The fraction of sp³-hybridized carbons (Fsp3) is 0.583. The Morgan fingerprint density at radius 2 is 1.90 bits per heavy atom. The molecule has 0 bridgehead atoms. The Balaban J connectivity index is 2.13. The molecule has 2 rings (SSSR count). The average molecular weight is 290 g/mol. The fourth-order valence-corrected chi connectivity index (χ4v) is 2.24. The normalized spacial score (nSPS) is 17.5. The summed E-state index contributed by atoms with van der Waals surface area (Å²) in [6.07, 6.45) is -3.42. The van der Waals surface area contributed by atoms with Crippen LogP contribution in [0.3, 0.4) is 0 Å². The number of hydrogen-bond donors (Lipinski definition) is 2. The molecule has 0 radical (unpaired) electrons. The number of β-amino-alcohol motifs (C(OH)–C–C–N with tert-alkyl or cyclic N) is 1. The zero-order valence-electron chi connectivity index (χ0n) is 10.9. The molecule has 0 saturated carbocycles. The third kappa shape index (κ3) is 3.31. The largest absolute Gasteiger partial charge is 0.433 e. The molecule has 1 aromatic rings. The summed E-state index contributed by atoms with van der Waals surface area (Å²) in [5.74, 6) is 0. The minimum Gasteiger partial charge on any atom is -0.396 e. The van der Waals surface area contributed by atoms with Gasteiger partial charge in [0.2, 0.25) is 0 Å². The molecule has 2 heterocycles. The maximum atomic E-state index is 12.7. The van der Waals surface area contributed by atoms with E-state index >= 15 is 0 Å². The molecule has 0 atom stereocenters. The molecule has 0 spiro atoms. The van der Waals surface area contributed by atoms with E-state index in [1.165, 1.54) is 0 Å². The van der Waals surface area contributed by atoms with Crippen molar-refractivity contribution < 1.29 is 18.3 Å². The van der Waals surface area contributed by atoms with Gasteiger partial charge in [-0.05, 0) is 6.07 Å². The minimum atomic E-state index is -4.47. The van der Waals surface area contributed by atoms with Crippen LogP contribution in [0, 0.1) is 0 Å². The van der Waals surface area contributed by atoms with Crippen LogP contribution in [-0.2, 0) is 6.18 Å². The number of aliphatic hydroxyl groups is 1. The van der Waals surface area contributed by atoms with E-state index in [1.54, 1.807) is 0 Å². The first-order chi connectivity index (χ1) is 9.41. The standard InChI is InChI=1S/C12H17F3N4O/c13-12(14,15)11-7-10(9(16)8-17-11)19-3-1-18(2-4-19)5-6-20/h7-8,20H,1-6,16H2. The van der Waals surface area contributed by atoms with E-state index in [1.807, 2.05) is 4.90 Å². The number of aromatic nitrogens is 1. The van der Waals surface area contributed by atoms with E-state index in [0.717, 1.165) is 12.3 Å². The maximum Gasteiger partial charge on any atom is 0.433 e. The average Bonchev–Trinajstić information content (AvgIpc) is 2.39. The molecular formula is C12H17F3N4O. The first kappa shape index (κ1) is 14.9. The van der Waals surface area contributed by atoms with Crippen molar-refractivity contribution in [1.82, 2.24) is 9.88 Å². The molecule has 8 heteroatoms. The lowest BCUT2D eigenvalue weighted by Crippen LogP contribution is -2.47. The molecule has 1 aliphatic rings. The van der Waals surface area contributed by atoms with Crippen molar-refractivity contribution >= 4 is 11.4 Å². The number of anilines is 2. The molecule has 0 amide bonds. The van der Waals surface area contributed by atoms with Crippen molar-refractivity contribution in [2.45, 2.75) is 6.18 Å². The quantitative estimate of drug-likeness (QED) is 0.862. The highest BCUT2D eigenvalue weighted by Gasteiger charge is 2.33. The number of pyridine rings is 1. The van der Waals surface area contributed by atoms with Crippen LogP contribution in [-0.4, -0.2) is 54.3 Å². The number of nitrogens with zero attached hydrogens (tertiary/aromatic N) is 3. The summed E-state index contributed by atoms with van der Waals surface area (Å²) in [5, 5.41) is 8.86. The van der Waals surface area contributed by atoms with Crippen molar-refractivity contribution in [3.8, 4) is 0 Å². The Kier molecular flexibility index (Phi) is 4.34. The van der Waals surface area contributed by atoms with Gasteiger partial charge in [-0.1, -0.05) is 0 Å². The van der Waals surface area contributed by atoms with Gasteiger partial charge in [0.25, 0.3) is 0 Å². The van der Waals surface area contributed by atoms with Gasteiger partial charge in [-0.15, -0.1) is 0 Å². The van der Waals surface area contributed by atoms with Gasteiger partial charge in [0.15, 0.2) is 0 Å². The third-order valence-corrected chi connectivity index (χ3v) is 3.33. The summed E-state index contributed by atoms with van der Waals surface area (Å²) in [6, 6.07) is 0.997. The highest BCUT2D eigenvalue weighted by molar-refractivity contribution is 5.67. The van der Waals surface area contributed by atoms with Gasteiger partial charge in [0, 0.05) is 32.7 Å². The van der Waals surface area contributed by atoms with Crippen LogP contribution in [0.2, 0.25) is 0 Å². The number of halogens is 3. The lowest BCUT2D eigenvalue weighted by molar-refractivity contribution is -0.141. The van der Waals surface area contributed by atoms with E-state index < -0.39 is 11.9 Å². The zero-order valence-corrected chi connectivity index (χ0v) is 10.9. The third-order valence-electron chi connectivity index (χ3n) is 3.33. The number of piperazine rings is 1. The number of hydrogen-bond acceptors (Lipinski definition) is 5. The second-order valence-electron chi connectivity index (χ2n) is 4.68. The van der Waals surface area contributed by atoms with Crippen molar-refractivity contribution in [3.63, 3.8) is 0 Å². The van der Waals surface area contributed by atoms with Crippen LogP contribution in [0.5, 0.6) is 0 Å². The molecular weight excluding hydrogens is 273 g/mol. The number of aliphatic hydroxyl groups excluding tert-OH is 1. The fourth-order valence-electron chi connectivity index (χ4n) is 2.24. The maximum absolute atomic E-state index is 12.7. The minimum absolute atomic E-state index is 0.0790. The molecule has 0 aromatic carbocycles. The predicted molar refractivity (Wildman–Crippen MR) is 69.4 cm³/mol. The predicted octanol–water partition coefficient (Wildman–Crippen LogP) is 0.797. The number of alkyl halides is 3. The first-order valence-corrected chi connectivity index (χ1v) is 6.32. The van der Waals surface area contributed by atoms with E-state index in [0.29, 0.717) is 38.4 Å². The number of nitrogen functional groups attached to an aromatic ring is 1. The number of nitrogens with two attached hydrogens (primary N) is 1. The van der Waals surface area contributed by atoms with Crippen molar-refractivity contribution in [2.75, 3.05) is 50.0 Å². The molecule has 1 aliphatic heterocycles. The Labute approximate surface area is 114 Å². The summed E-state index contributed by atoms with van der Waals surface area (Å²) < 4.78 is 38.0. The molecule has 20 heavy (non-hydrogen) atoms. The van der Waals surface area contributed by atoms with E-state index in [4.69, 9.17) is 10.8 Å². The monoisotopic (exact) mass is 290 g/mol. The lowest BCUT2D eigenvalue weighted by Gasteiger charge is -2.36. The Bertz CT molecular complexity index is 459. The van der Waals surface area contributed by atoms with Crippen LogP contribution in [0.4, 0.5) is 24.5 Å². The molecule has 1 fully saturated rings. The molecule has 1 aromatic heterocycles. The SMILES string of the molecule is Nc1cnc(C(F)(F)F)cc1N1CCN(CCO)CC1. The van der Waals surface area contributed by atoms with Crippen LogP contribution in [0.15, 0.2) is 12.3 Å². The Morgan fingerprint density at radius 1 is 1.25 bits per heavy atom. The van der Waals surface area contributed by atoms with Crippen LogP contribution < -0.4 is 10.6 Å². The summed E-state index contributed by atoms with van der Waals surface area (Å²) in [6.45, 7) is 3.17. The van der Waals surface area contributed by atoms with Crippen molar-refractivity contribution in [3.05, 3.63) is 18.0 Å². The topological polar surface area (TPSA) is 65.6 Å². The van der Waals surface area contributed by atoms with Crippen molar-refractivity contribution in [2.24, 2.45) is 0 Å². The zero-order chi connectivity index (χ0) is 14.8. The highest BCUT2D eigenvalue weighted by atomic mass is 19.4. The van der Waals surface area contributed by atoms with Gasteiger partial charge in [-0.25, -0.2) is 4.98 Å². The van der Waals surface area contributed by atoms with Crippen molar-refractivity contribution in [1.29, 1.82) is 0 Å². The number of rotatable bonds is 3. The van der Waals surface area contributed by atoms with E-state index in [-0.39, 0.29) is 12.3 Å². The van der Waals surface area contributed by atoms with Gasteiger partial charge in [0.1, 0.15) is 5.69 Å². The van der Waals surface area contributed by atoms with Crippen LogP contribution >= 0.6 is 0 Å². The summed E-state index contributed by atoms with van der Waals surface area (Å²) in [4.78, 5) is 7.20. The molecule has 0 unspecified atom stereocenters. The first-order valence-electron chi connectivity index (χ1n) is 6.32. The second kappa shape index (κ2) is 5.84. The van der Waals surface area contributed by atoms with E-state index in [9.17, 15) is 13.2 Å². The van der Waals surface area contributed by atoms with Crippen LogP contribution in [0.25, 0.3) is 0 Å². The highest BCUT2D eigenvalue weighted by Crippen LogP contribution is 2.32. The van der Waals surface area contributed by atoms with Gasteiger partial charge >= 0.3 is 6.18 Å². The van der Waals surface area contributed by atoms with Gasteiger partial charge in [-0.3, -0.25) is 4.90 Å². The summed E-state index contributed by atoms with van der Waals surface area (Å²) >= 11 is 0. The summed E-state index contributed by atoms with van der Waals surface area (Å²) in [7, 11) is 0. The second-order valence-corrected chi connectivity index (χ2v) is 4.68. The van der Waals surface area contributed by atoms with Gasteiger partial charge in [0.05, 0.1) is 24.2 Å². The smallest absolute Gasteiger partial charge is 0.396 e. The van der Waals surface area contributed by atoms with Gasteiger partial charge in [-0.2, -0.15) is 13.2 Å². The molecule has 1 saturated heterocycles. The molecule has 3 N–H and O–H groups in total. The Morgan fingerprint density at radius 3 is 2.45 bits per heavy atom.